The molecule has 0 atom stereocenters. The Bertz CT molecular complexity index is 430. The Kier molecular flexibility index (Phi) is 3.18. The molecule has 1 aromatic heterocycles. The van der Waals surface area contributed by atoms with Crippen LogP contribution >= 0.6 is 0 Å². The van der Waals surface area contributed by atoms with Gasteiger partial charge in [0.05, 0.1) is 0 Å². The maximum atomic E-state index is 11.1. The first-order valence-corrected chi connectivity index (χ1v) is 3.36. The van der Waals surface area contributed by atoms with Gasteiger partial charge >= 0.3 is 32.7 Å². The Balaban J connectivity index is 0.000000720. The van der Waals surface area contributed by atoms with Crippen LogP contribution in [0, 0.1) is 6.07 Å². The largest absolute Gasteiger partial charge is 3.00 e. The minimum absolute atomic E-state index is 0. The zero-order chi connectivity index (χ0) is 7.68. The summed E-state index contributed by atoms with van der Waals surface area (Å²) in [6.45, 7) is 0. The Hall–Kier alpha value is -0.466. The summed E-state index contributed by atoms with van der Waals surface area (Å²) in [6.07, 6.45) is 1.53. The Labute approximate surface area is 94.9 Å². The minimum Gasteiger partial charge on any atom is -0.395 e. The van der Waals surface area contributed by atoms with Crippen LogP contribution in [0.4, 0.5) is 0 Å². The maximum Gasteiger partial charge on any atom is 3.00 e. The third kappa shape index (κ3) is 1.65. The molecule has 0 unspecified atom stereocenters. The minimum atomic E-state index is -0.0562. The number of rotatable bonds is 0. The number of aromatic nitrogens is 1. The number of aromatic amines is 1. The van der Waals surface area contributed by atoms with Crippen LogP contribution in [0.1, 0.15) is 0 Å². The molecular formula is C9H6NOY+2. The van der Waals surface area contributed by atoms with Gasteiger partial charge in [0, 0.05) is 5.43 Å². The number of nitrogens with one attached hydrogen (secondary N) is 1. The molecule has 54 valence electrons. The second kappa shape index (κ2) is 3.97. The van der Waals surface area contributed by atoms with E-state index >= 15 is 0 Å². The number of fused-ring (bicyclic) bond motifs is 1. The van der Waals surface area contributed by atoms with Crippen LogP contribution in [0.2, 0.25) is 0 Å². The summed E-state index contributed by atoms with van der Waals surface area (Å²) >= 11 is 0. The second-order valence-electron chi connectivity index (χ2n) is 2.31. The smallest absolute Gasteiger partial charge is 0.395 e. The fourth-order valence-electron chi connectivity index (χ4n) is 1.06. The first-order chi connectivity index (χ1) is 5.38. The van der Waals surface area contributed by atoms with Gasteiger partial charge in [0.1, 0.15) is 0 Å². The van der Waals surface area contributed by atoms with Gasteiger partial charge in [0.25, 0.3) is 0 Å². The van der Waals surface area contributed by atoms with Gasteiger partial charge in [-0.25, -0.2) is 0 Å². The van der Waals surface area contributed by atoms with Crippen molar-refractivity contribution >= 4 is 10.9 Å². The number of hydrogen-bond acceptors (Lipinski definition) is 1. The van der Waals surface area contributed by atoms with E-state index in [-0.39, 0.29) is 38.1 Å². The molecule has 0 radical (unpaired) electrons. The van der Waals surface area contributed by atoms with E-state index in [4.69, 9.17) is 0 Å². The van der Waals surface area contributed by atoms with Crippen LogP contribution in [0.15, 0.2) is 35.3 Å². The molecule has 3 heteroatoms. The van der Waals surface area contributed by atoms with Gasteiger partial charge in [-0.2, -0.15) is 6.07 Å². The quantitative estimate of drug-likeness (QED) is 0.684. The van der Waals surface area contributed by atoms with Crippen LogP contribution in [-0.2, 0) is 32.7 Å². The van der Waals surface area contributed by atoms with Gasteiger partial charge in [-0.15, -0.1) is 11.5 Å². The van der Waals surface area contributed by atoms with Crippen molar-refractivity contribution in [2.24, 2.45) is 0 Å². The van der Waals surface area contributed by atoms with Gasteiger partial charge in [0.2, 0.25) is 0 Å². The van der Waals surface area contributed by atoms with E-state index in [0.717, 1.165) is 5.52 Å². The predicted octanol–water partition coefficient (Wildman–Crippen LogP) is 1.33. The van der Waals surface area contributed by atoms with Crippen LogP contribution < -0.4 is 5.43 Å². The molecule has 0 fully saturated rings. The van der Waals surface area contributed by atoms with E-state index in [2.05, 4.69) is 11.1 Å². The summed E-state index contributed by atoms with van der Waals surface area (Å²) in [7, 11) is 0. The number of hydrogen-bond donors (Lipinski definition) is 1. The molecular weight excluding hydrogens is 227 g/mol. The molecule has 2 aromatic rings. The average molecular weight is 233 g/mol. The average Bonchev–Trinajstić information content (AvgIpc) is 2.06. The molecule has 0 aliphatic rings. The second-order valence-corrected chi connectivity index (χ2v) is 2.31. The first kappa shape index (κ1) is 9.62. The molecule has 0 amide bonds. The van der Waals surface area contributed by atoms with Gasteiger partial charge in [-0.05, 0) is 5.52 Å². The van der Waals surface area contributed by atoms with Crippen molar-refractivity contribution in [3.8, 4) is 0 Å². The molecule has 1 N–H and O–H groups in total. The van der Waals surface area contributed by atoms with Crippen LogP contribution in [-0.4, -0.2) is 4.98 Å². The molecule has 12 heavy (non-hydrogen) atoms. The third-order valence-corrected chi connectivity index (χ3v) is 1.60. The normalized spacial score (nSPS) is 9.33. The van der Waals surface area contributed by atoms with Crippen molar-refractivity contribution in [3.63, 3.8) is 0 Å². The molecule has 0 spiro atoms. The standard InChI is InChI=1S/C9H6NO.Y/c11-9-5-6-10-8-4-2-1-3-7(8)9;/h1-4,6H,(H,10,11);/q-1;+3. The van der Waals surface area contributed by atoms with Crippen molar-refractivity contribution < 1.29 is 32.7 Å². The van der Waals surface area contributed by atoms with Gasteiger partial charge in [-0.3, -0.25) is 0 Å². The predicted molar refractivity (Wildman–Crippen MR) is 43.4 cm³/mol. The number of benzene rings is 1. The topological polar surface area (TPSA) is 32.9 Å². The van der Waals surface area contributed by atoms with E-state index < -0.39 is 0 Å². The molecule has 2 rings (SSSR count). The fourth-order valence-corrected chi connectivity index (χ4v) is 1.06. The van der Waals surface area contributed by atoms with Gasteiger partial charge in [0.15, 0.2) is 0 Å². The zero-order valence-electron chi connectivity index (χ0n) is 6.37. The van der Waals surface area contributed by atoms with E-state index in [1.165, 1.54) is 6.20 Å². The Morgan fingerprint density at radius 2 is 2.00 bits per heavy atom. The summed E-state index contributed by atoms with van der Waals surface area (Å²) in [5, 5.41) is 0.690. The summed E-state index contributed by atoms with van der Waals surface area (Å²) in [5.74, 6) is 0. The molecule has 1 aromatic carbocycles. The molecule has 0 aliphatic heterocycles. The summed E-state index contributed by atoms with van der Waals surface area (Å²) in [4.78, 5) is 14.0. The molecule has 0 saturated heterocycles. The number of pyridine rings is 1. The molecule has 0 saturated carbocycles. The van der Waals surface area contributed by atoms with Crippen molar-refractivity contribution in [1.82, 2.24) is 4.98 Å². The summed E-state index contributed by atoms with van der Waals surface area (Å²) < 4.78 is 0. The fraction of sp³-hybridized carbons (Fsp3) is 0. The molecule has 0 bridgehead atoms. The van der Waals surface area contributed by atoms with Crippen molar-refractivity contribution in [1.29, 1.82) is 0 Å². The van der Waals surface area contributed by atoms with Crippen LogP contribution in [0.3, 0.4) is 0 Å². The summed E-state index contributed by atoms with van der Waals surface area (Å²) in [6, 6.07) is 9.94. The van der Waals surface area contributed by atoms with Crippen molar-refractivity contribution in [3.05, 3.63) is 46.8 Å². The van der Waals surface area contributed by atoms with Crippen LogP contribution in [0.25, 0.3) is 10.9 Å². The number of H-pyrrole nitrogens is 1. The van der Waals surface area contributed by atoms with E-state index in [1.807, 2.05) is 18.2 Å². The monoisotopic (exact) mass is 233 g/mol. The Morgan fingerprint density at radius 1 is 1.25 bits per heavy atom. The van der Waals surface area contributed by atoms with Crippen molar-refractivity contribution in [2.75, 3.05) is 0 Å². The van der Waals surface area contributed by atoms with Crippen LogP contribution in [0.5, 0.6) is 0 Å². The summed E-state index contributed by atoms with van der Waals surface area (Å²) in [5.41, 5.74) is 0.801. The third-order valence-electron chi connectivity index (χ3n) is 1.60. The zero-order valence-corrected chi connectivity index (χ0v) is 9.21. The number of para-hydroxylation sites is 1. The van der Waals surface area contributed by atoms with Gasteiger partial charge < -0.3 is 9.78 Å². The van der Waals surface area contributed by atoms with Gasteiger partial charge in [-0.1, -0.05) is 24.4 Å². The molecule has 0 aliphatic carbocycles. The van der Waals surface area contributed by atoms with E-state index in [0.29, 0.717) is 5.39 Å². The SMILES string of the molecule is O=c1[c-]c[nH]c2ccccc12.[Y+3]. The maximum absolute atomic E-state index is 11.1. The van der Waals surface area contributed by atoms with E-state index in [1.54, 1.807) is 6.07 Å². The molecule has 2 nitrogen and oxygen atoms in total. The van der Waals surface area contributed by atoms with E-state index in [9.17, 15) is 4.79 Å². The van der Waals surface area contributed by atoms with Crippen molar-refractivity contribution in [2.45, 2.75) is 0 Å². The molecule has 1 heterocycles. The first-order valence-electron chi connectivity index (χ1n) is 3.36. The Morgan fingerprint density at radius 3 is 2.75 bits per heavy atom.